The van der Waals surface area contributed by atoms with Crippen LogP contribution in [0.2, 0.25) is 0 Å². The van der Waals surface area contributed by atoms with Gasteiger partial charge >= 0.3 is 0 Å². The second-order valence-electron chi connectivity index (χ2n) is 6.72. The Balaban J connectivity index is 1.56. The van der Waals surface area contributed by atoms with Crippen LogP contribution < -0.4 is 0 Å². The predicted octanol–water partition coefficient (Wildman–Crippen LogP) is 4.42. The van der Waals surface area contributed by atoms with Gasteiger partial charge in [0.25, 0.3) is 0 Å². The fourth-order valence-corrected chi connectivity index (χ4v) is 3.77. The fraction of sp³-hybridized carbons (Fsp3) is 0.0455. The van der Waals surface area contributed by atoms with E-state index in [2.05, 4.69) is 54.8 Å². The van der Waals surface area contributed by atoms with Gasteiger partial charge in [-0.25, -0.2) is 4.98 Å². The van der Waals surface area contributed by atoms with Gasteiger partial charge in [-0.2, -0.15) is 10.1 Å². The molecule has 0 aliphatic carbocycles. The van der Waals surface area contributed by atoms with E-state index in [0.29, 0.717) is 29.3 Å². The predicted molar refractivity (Wildman–Crippen MR) is 122 cm³/mol. The lowest BCUT2D eigenvalue weighted by molar-refractivity contribution is 0.421. The lowest BCUT2D eigenvalue weighted by Crippen LogP contribution is -2.05. The fourth-order valence-electron chi connectivity index (χ4n) is 3.22. The molecular formula is C22H15IN6O2. The monoisotopic (exact) mass is 522 g/mol. The number of benzene rings is 1. The van der Waals surface area contributed by atoms with Gasteiger partial charge < -0.3 is 9.63 Å². The number of rotatable bonds is 5. The number of aromatic hydroxyl groups is 1. The van der Waals surface area contributed by atoms with Crippen molar-refractivity contribution >= 4 is 22.6 Å². The second kappa shape index (κ2) is 8.26. The van der Waals surface area contributed by atoms with Crippen LogP contribution in [0, 0.1) is 3.57 Å². The Kier molecular flexibility index (Phi) is 5.16. The first-order chi connectivity index (χ1) is 15.2. The van der Waals surface area contributed by atoms with Crippen molar-refractivity contribution in [3.63, 3.8) is 0 Å². The van der Waals surface area contributed by atoms with Gasteiger partial charge in [0.05, 0.1) is 17.8 Å². The average Bonchev–Trinajstić information content (AvgIpc) is 3.46. The van der Waals surface area contributed by atoms with Crippen molar-refractivity contribution in [2.75, 3.05) is 0 Å². The lowest BCUT2D eigenvalue weighted by Gasteiger charge is -2.07. The van der Waals surface area contributed by atoms with Gasteiger partial charge in [0, 0.05) is 28.2 Å². The molecule has 0 aliphatic rings. The van der Waals surface area contributed by atoms with Crippen molar-refractivity contribution in [1.29, 1.82) is 0 Å². The normalized spacial score (nSPS) is 11.0. The van der Waals surface area contributed by atoms with Crippen LogP contribution >= 0.6 is 22.6 Å². The third-order valence-electron chi connectivity index (χ3n) is 4.75. The summed E-state index contributed by atoms with van der Waals surface area (Å²) >= 11 is 2.31. The van der Waals surface area contributed by atoms with E-state index in [1.165, 1.54) is 6.26 Å². The maximum absolute atomic E-state index is 10.5. The molecule has 0 bridgehead atoms. The molecule has 1 aromatic carbocycles. The van der Waals surface area contributed by atoms with E-state index < -0.39 is 0 Å². The molecule has 8 nitrogen and oxygen atoms in total. The van der Waals surface area contributed by atoms with Crippen molar-refractivity contribution in [1.82, 2.24) is 29.9 Å². The molecule has 0 saturated heterocycles. The largest absolute Gasteiger partial charge is 0.493 e. The second-order valence-corrected chi connectivity index (χ2v) is 7.88. The van der Waals surface area contributed by atoms with Crippen LogP contribution in [0.1, 0.15) is 5.56 Å². The van der Waals surface area contributed by atoms with Crippen LogP contribution in [0.3, 0.4) is 0 Å². The summed E-state index contributed by atoms with van der Waals surface area (Å²) in [5, 5.41) is 19.3. The standard InChI is InChI=1S/C22H15IN6O2/c23-17-4-2-1-3-15(17)13-29-20(18-7-10-31-28-18)11-19(27-29)21-25-12-16(22(30)26-21)14-5-8-24-9-6-14/h1-12H,13H2,(H,25,26,30). The van der Waals surface area contributed by atoms with Gasteiger partial charge in [0.2, 0.25) is 5.88 Å². The first-order valence-corrected chi connectivity index (χ1v) is 10.5. The van der Waals surface area contributed by atoms with Crippen LogP contribution in [0.5, 0.6) is 5.88 Å². The molecule has 0 atom stereocenters. The van der Waals surface area contributed by atoms with Crippen molar-refractivity contribution in [2.24, 2.45) is 0 Å². The van der Waals surface area contributed by atoms with Gasteiger partial charge in [-0.1, -0.05) is 23.4 Å². The molecule has 0 saturated carbocycles. The minimum absolute atomic E-state index is 0.119. The topological polar surface area (TPSA) is 103 Å². The van der Waals surface area contributed by atoms with Crippen LogP contribution in [-0.2, 0) is 6.54 Å². The van der Waals surface area contributed by atoms with Crippen molar-refractivity contribution in [3.05, 3.63) is 82.5 Å². The quantitative estimate of drug-likeness (QED) is 0.341. The van der Waals surface area contributed by atoms with Gasteiger partial charge in [-0.05, 0) is 58.0 Å². The first-order valence-electron chi connectivity index (χ1n) is 9.38. The van der Waals surface area contributed by atoms with Gasteiger partial charge in [0.1, 0.15) is 17.7 Å². The number of halogens is 1. The van der Waals surface area contributed by atoms with E-state index in [9.17, 15) is 5.11 Å². The summed E-state index contributed by atoms with van der Waals surface area (Å²) < 4.78 is 8.00. The van der Waals surface area contributed by atoms with Crippen LogP contribution in [0.25, 0.3) is 34.0 Å². The number of aromatic nitrogens is 6. The molecule has 4 heterocycles. The third kappa shape index (κ3) is 3.91. The zero-order valence-electron chi connectivity index (χ0n) is 16.1. The Hall–Kier alpha value is -3.60. The number of hydrogen-bond acceptors (Lipinski definition) is 7. The number of hydrogen-bond donors (Lipinski definition) is 1. The maximum atomic E-state index is 10.5. The third-order valence-corrected chi connectivity index (χ3v) is 5.80. The van der Waals surface area contributed by atoms with Gasteiger partial charge in [0.15, 0.2) is 5.82 Å². The SMILES string of the molecule is Oc1nc(-c2cc(-c3ccon3)n(Cc3ccccc3I)n2)ncc1-c1ccncc1. The van der Waals surface area contributed by atoms with E-state index in [1.54, 1.807) is 36.8 Å². The number of nitrogens with zero attached hydrogens (tertiary/aromatic N) is 6. The molecule has 1 N–H and O–H groups in total. The minimum Gasteiger partial charge on any atom is -0.493 e. The zero-order chi connectivity index (χ0) is 21.2. The van der Waals surface area contributed by atoms with Crippen molar-refractivity contribution in [2.45, 2.75) is 6.54 Å². The van der Waals surface area contributed by atoms with E-state index in [4.69, 9.17) is 9.62 Å². The lowest BCUT2D eigenvalue weighted by atomic mass is 10.1. The Morgan fingerprint density at radius 1 is 1.03 bits per heavy atom. The molecule has 0 fully saturated rings. The summed E-state index contributed by atoms with van der Waals surface area (Å²) in [6, 6.07) is 15.3. The average molecular weight is 522 g/mol. The molecule has 152 valence electrons. The summed E-state index contributed by atoms with van der Waals surface area (Å²) in [5.74, 6) is 0.202. The van der Waals surface area contributed by atoms with E-state index in [-0.39, 0.29) is 5.88 Å². The molecule has 4 aromatic heterocycles. The summed E-state index contributed by atoms with van der Waals surface area (Å²) in [6.07, 6.45) is 6.41. The Labute approximate surface area is 190 Å². The summed E-state index contributed by atoms with van der Waals surface area (Å²) in [6.45, 7) is 0.544. The first kappa shape index (κ1) is 19.4. The number of pyridine rings is 1. The highest BCUT2D eigenvalue weighted by atomic mass is 127. The molecule has 31 heavy (non-hydrogen) atoms. The van der Waals surface area contributed by atoms with E-state index in [1.807, 2.05) is 22.9 Å². The smallest absolute Gasteiger partial charge is 0.222 e. The Bertz CT molecular complexity index is 1340. The summed E-state index contributed by atoms with van der Waals surface area (Å²) in [5.41, 5.74) is 4.39. The molecule has 0 unspecified atom stereocenters. The van der Waals surface area contributed by atoms with Crippen LogP contribution in [-0.4, -0.2) is 35.0 Å². The molecule has 5 rings (SSSR count). The molecular weight excluding hydrogens is 507 g/mol. The highest BCUT2D eigenvalue weighted by Crippen LogP contribution is 2.30. The molecule has 0 radical (unpaired) electrons. The molecule has 5 aromatic rings. The minimum atomic E-state index is -0.119. The molecule has 0 amide bonds. The van der Waals surface area contributed by atoms with Crippen molar-refractivity contribution in [3.8, 4) is 39.9 Å². The van der Waals surface area contributed by atoms with Crippen molar-refractivity contribution < 1.29 is 9.63 Å². The van der Waals surface area contributed by atoms with Gasteiger partial charge in [-0.3, -0.25) is 9.67 Å². The molecule has 0 spiro atoms. The van der Waals surface area contributed by atoms with E-state index in [0.717, 1.165) is 20.4 Å². The van der Waals surface area contributed by atoms with Crippen LogP contribution in [0.4, 0.5) is 0 Å². The summed E-state index contributed by atoms with van der Waals surface area (Å²) in [4.78, 5) is 12.7. The Morgan fingerprint density at radius 3 is 2.61 bits per heavy atom. The highest BCUT2D eigenvalue weighted by Gasteiger charge is 2.18. The van der Waals surface area contributed by atoms with E-state index >= 15 is 0 Å². The Morgan fingerprint density at radius 2 is 1.87 bits per heavy atom. The zero-order valence-corrected chi connectivity index (χ0v) is 18.2. The summed E-state index contributed by atoms with van der Waals surface area (Å²) in [7, 11) is 0. The molecule has 0 aliphatic heterocycles. The maximum Gasteiger partial charge on any atom is 0.222 e. The van der Waals surface area contributed by atoms with Gasteiger partial charge in [-0.15, -0.1) is 0 Å². The molecule has 9 heteroatoms. The van der Waals surface area contributed by atoms with Crippen LogP contribution in [0.15, 0.2) is 77.9 Å². The highest BCUT2D eigenvalue weighted by molar-refractivity contribution is 14.1.